The molecule has 6 heteroatoms. The van der Waals surface area contributed by atoms with Crippen LogP contribution in [0.4, 0.5) is 0 Å². The first-order valence-electron chi connectivity index (χ1n) is 10.4. The number of phenolic OH excluding ortho intramolecular Hbond substituents is 1. The minimum absolute atomic E-state index is 0.174. The molecule has 1 heterocycles. The van der Waals surface area contributed by atoms with Gasteiger partial charge in [0, 0.05) is 40.2 Å². The summed E-state index contributed by atoms with van der Waals surface area (Å²) < 4.78 is 13.2. The van der Waals surface area contributed by atoms with Crippen LogP contribution in [-0.4, -0.2) is 29.6 Å². The molecule has 0 bridgehead atoms. The van der Waals surface area contributed by atoms with Crippen LogP contribution in [0.5, 0.6) is 17.2 Å². The summed E-state index contributed by atoms with van der Waals surface area (Å²) in [5.41, 5.74) is 5.99. The number of rotatable bonds is 5. The lowest BCUT2D eigenvalue weighted by molar-refractivity contribution is 0.100. The van der Waals surface area contributed by atoms with Gasteiger partial charge in [0.2, 0.25) is 6.10 Å². The predicted octanol–water partition coefficient (Wildman–Crippen LogP) is 5.03. The Kier molecular flexibility index (Phi) is 4.95. The monoisotopic (exact) mass is 438 g/mol. The SMILES string of the molecule is C#CC(ON=C1c2cc(OC)c(OC)cc2-c2c1c1cc(O)ccc1n2C)c1ccccc1. The Morgan fingerprint density at radius 2 is 1.67 bits per heavy atom. The first kappa shape index (κ1) is 20.5. The molecule has 6 nitrogen and oxygen atoms in total. The van der Waals surface area contributed by atoms with E-state index < -0.39 is 6.10 Å². The molecule has 1 aliphatic carbocycles. The summed E-state index contributed by atoms with van der Waals surface area (Å²) in [6.45, 7) is 0. The van der Waals surface area contributed by atoms with Crippen molar-refractivity contribution in [3.63, 3.8) is 0 Å². The van der Waals surface area contributed by atoms with E-state index in [1.54, 1.807) is 26.4 Å². The number of oxime groups is 1. The summed E-state index contributed by atoms with van der Waals surface area (Å²) in [4.78, 5) is 5.90. The van der Waals surface area contributed by atoms with E-state index in [2.05, 4.69) is 15.6 Å². The molecule has 0 spiro atoms. The zero-order chi connectivity index (χ0) is 23.1. The number of fused-ring (bicyclic) bond motifs is 5. The van der Waals surface area contributed by atoms with E-state index in [1.807, 2.05) is 55.6 Å². The normalized spacial score (nSPS) is 13.9. The smallest absolute Gasteiger partial charge is 0.212 e. The van der Waals surface area contributed by atoms with Gasteiger partial charge >= 0.3 is 0 Å². The van der Waals surface area contributed by atoms with E-state index in [-0.39, 0.29) is 5.75 Å². The molecule has 5 rings (SSSR count). The Morgan fingerprint density at radius 1 is 0.970 bits per heavy atom. The number of nitrogens with zero attached hydrogens (tertiary/aromatic N) is 2. The fraction of sp³-hybridized carbons (Fsp3) is 0.148. The highest BCUT2D eigenvalue weighted by Gasteiger charge is 2.34. The lowest BCUT2D eigenvalue weighted by Crippen LogP contribution is -2.04. The molecule has 0 fully saturated rings. The fourth-order valence-electron chi connectivity index (χ4n) is 4.41. The molecular formula is C27H22N2O4. The fourth-order valence-corrected chi connectivity index (χ4v) is 4.41. The Balaban J connectivity index is 1.74. The second-order valence-corrected chi connectivity index (χ2v) is 7.74. The standard InChI is InChI=1S/C27H22N2O4/c1-5-22(16-9-7-6-8-10-16)33-28-26-18-14-23(31-3)24(32-4)15-19(18)27-25(26)20-13-17(30)11-12-21(20)29(27)2/h1,6-15,22,30H,2-4H3. The molecule has 1 N–H and O–H groups in total. The van der Waals surface area contributed by atoms with Crippen LogP contribution < -0.4 is 9.47 Å². The van der Waals surface area contributed by atoms with Crippen LogP contribution in [0.15, 0.2) is 65.8 Å². The molecule has 0 aliphatic heterocycles. The van der Waals surface area contributed by atoms with Crippen LogP contribution >= 0.6 is 0 Å². The second kappa shape index (κ2) is 7.95. The third-order valence-corrected chi connectivity index (χ3v) is 5.96. The number of aryl methyl sites for hydroxylation is 1. The van der Waals surface area contributed by atoms with Gasteiger partial charge in [-0.25, -0.2) is 0 Å². The third-order valence-electron chi connectivity index (χ3n) is 5.96. The van der Waals surface area contributed by atoms with Crippen molar-refractivity contribution in [3.8, 4) is 40.8 Å². The zero-order valence-electron chi connectivity index (χ0n) is 18.5. The van der Waals surface area contributed by atoms with Gasteiger partial charge in [0.05, 0.1) is 19.9 Å². The van der Waals surface area contributed by atoms with E-state index in [0.29, 0.717) is 17.2 Å². The van der Waals surface area contributed by atoms with Crippen molar-refractivity contribution in [2.24, 2.45) is 12.2 Å². The first-order chi connectivity index (χ1) is 16.1. The van der Waals surface area contributed by atoms with Crippen LogP contribution in [0.1, 0.15) is 22.8 Å². The van der Waals surface area contributed by atoms with Crippen LogP contribution in [-0.2, 0) is 11.9 Å². The molecule has 1 aromatic heterocycles. The summed E-state index contributed by atoms with van der Waals surface area (Å²) in [6.07, 6.45) is 5.12. The largest absolute Gasteiger partial charge is 0.508 e. The van der Waals surface area contributed by atoms with Crippen molar-refractivity contribution >= 4 is 16.6 Å². The van der Waals surface area contributed by atoms with E-state index in [9.17, 15) is 5.11 Å². The molecule has 1 unspecified atom stereocenters. The van der Waals surface area contributed by atoms with Crippen LogP contribution in [0.2, 0.25) is 0 Å². The number of aromatic hydroxyl groups is 1. The number of phenols is 1. The highest BCUT2D eigenvalue weighted by atomic mass is 16.6. The topological polar surface area (TPSA) is 65.2 Å². The maximum Gasteiger partial charge on any atom is 0.212 e. The first-order valence-corrected chi connectivity index (χ1v) is 10.4. The van der Waals surface area contributed by atoms with Gasteiger partial charge in [-0.15, -0.1) is 6.42 Å². The molecule has 0 saturated heterocycles. The molecule has 33 heavy (non-hydrogen) atoms. The minimum atomic E-state index is -0.644. The van der Waals surface area contributed by atoms with Crippen LogP contribution in [0, 0.1) is 12.3 Å². The highest BCUT2D eigenvalue weighted by Crippen LogP contribution is 2.47. The average Bonchev–Trinajstić information content (AvgIpc) is 3.31. The Morgan fingerprint density at radius 3 is 2.33 bits per heavy atom. The molecule has 0 amide bonds. The van der Waals surface area contributed by atoms with Gasteiger partial charge in [-0.2, -0.15) is 0 Å². The third kappa shape index (κ3) is 3.17. The van der Waals surface area contributed by atoms with Gasteiger partial charge in [0.15, 0.2) is 11.5 Å². The van der Waals surface area contributed by atoms with Gasteiger partial charge in [0.1, 0.15) is 11.5 Å². The van der Waals surface area contributed by atoms with Crippen molar-refractivity contribution in [2.75, 3.05) is 14.2 Å². The van der Waals surface area contributed by atoms with Crippen LogP contribution in [0.25, 0.3) is 22.2 Å². The minimum Gasteiger partial charge on any atom is -0.508 e. The predicted molar refractivity (Wildman–Crippen MR) is 128 cm³/mol. The number of benzene rings is 3. The number of ether oxygens (including phenoxy) is 2. The summed E-state index contributed by atoms with van der Waals surface area (Å²) in [5.74, 6) is 4.04. The van der Waals surface area contributed by atoms with Gasteiger partial charge in [0.25, 0.3) is 0 Å². The van der Waals surface area contributed by atoms with E-state index >= 15 is 0 Å². The van der Waals surface area contributed by atoms with Gasteiger partial charge < -0.3 is 24.0 Å². The van der Waals surface area contributed by atoms with Crippen molar-refractivity contribution in [2.45, 2.75) is 6.10 Å². The number of hydrogen-bond acceptors (Lipinski definition) is 5. The molecule has 164 valence electrons. The molecule has 1 aliphatic rings. The second-order valence-electron chi connectivity index (χ2n) is 7.74. The Hall–Kier alpha value is -4.37. The highest BCUT2D eigenvalue weighted by molar-refractivity contribution is 6.30. The van der Waals surface area contributed by atoms with E-state index in [1.165, 1.54) is 0 Å². The van der Waals surface area contributed by atoms with Crippen molar-refractivity contribution in [1.29, 1.82) is 0 Å². The van der Waals surface area contributed by atoms with Crippen LogP contribution in [0.3, 0.4) is 0 Å². The lowest BCUT2D eigenvalue weighted by Gasteiger charge is -2.13. The number of terminal acetylenes is 1. The molecule has 4 aromatic rings. The molecular weight excluding hydrogens is 416 g/mol. The van der Waals surface area contributed by atoms with E-state index in [0.717, 1.165) is 38.9 Å². The summed E-state index contributed by atoms with van der Waals surface area (Å²) in [5, 5.41) is 15.6. The summed E-state index contributed by atoms with van der Waals surface area (Å²) in [6, 6.07) is 18.7. The maximum absolute atomic E-state index is 10.2. The van der Waals surface area contributed by atoms with Gasteiger partial charge in [-0.3, -0.25) is 0 Å². The molecule has 0 radical (unpaired) electrons. The summed E-state index contributed by atoms with van der Waals surface area (Å²) >= 11 is 0. The van der Waals surface area contributed by atoms with Crippen molar-refractivity contribution < 1.29 is 19.4 Å². The van der Waals surface area contributed by atoms with Gasteiger partial charge in [-0.05, 0) is 30.3 Å². The van der Waals surface area contributed by atoms with Crippen molar-refractivity contribution in [3.05, 3.63) is 77.4 Å². The quantitative estimate of drug-likeness (QED) is 0.309. The number of aromatic nitrogens is 1. The number of hydrogen-bond donors (Lipinski definition) is 1. The Labute approximate surface area is 191 Å². The van der Waals surface area contributed by atoms with Gasteiger partial charge in [-0.1, -0.05) is 41.4 Å². The van der Waals surface area contributed by atoms with E-state index in [4.69, 9.17) is 20.7 Å². The molecule has 3 aromatic carbocycles. The maximum atomic E-state index is 10.2. The molecule has 0 saturated carbocycles. The molecule has 1 atom stereocenters. The summed E-state index contributed by atoms with van der Waals surface area (Å²) in [7, 11) is 5.18. The lowest BCUT2D eigenvalue weighted by atomic mass is 10.1. The number of methoxy groups -OCH3 is 2. The Bertz CT molecular complexity index is 1440. The van der Waals surface area contributed by atoms with Crippen molar-refractivity contribution in [1.82, 2.24) is 4.57 Å². The average molecular weight is 438 g/mol. The zero-order valence-corrected chi connectivity index (χ0v) is 18.5.